The molecule has 4 rings (SSSR count). The smallest absolute Gasteiger partial charge is 0.225 e. The van der Waals surface area contributed by atoms with Crippen LogP contribution in [0.1, 0.15) is 31.2 Å². The molecule has 0 atom stereocenters. The van der Waals surface area contributed by atoms with Gasteiger partial charge in [-0.2, -0.15) is 0 Å². The number of aromatic nitrogens is 1. The molecule has 2 amide bonds. The van der Waals surface area contributed by atoms with Gasteiger partial charge in [0.15, 0.2) is 0 Å². The lowest BCUT2D eigenvalue weighted by Crippen LogP contribution is -2.51. The first-order valence-electron chi connectivity index (χ1n) is 9.34. The number of hydrogen-bond donors (Lipinski definition) is 1. The highest BCUT2D eigenvalue weighted by Gasteiger charge is 2.35. The first kappa shape index (κ1) is 16.2. The van der Waals surface area contributed by atoms with Crippen LogP contribution in [0.5, 0.6) is 0 Å². The summed E-state index contributed by atoms with van der Waals surface area (Å²) in [5.74, 6) is 0.795. The van der Waals surface area contributed by atoms with Crippen LogP contribution in [0.2, 0.25) is 0 Å². The number of nitrogens with zero attached hydrogens (tertiary/aromatic N) is 2. The van der Waals surface area contributed by atoms with Gasteiger partial charge in [0.25, 0.3) is 0 Å². The normalized spacial score (nSPS) is 17.9. The molecule has 1 saturated heterocycles. The number of nitrogens with one attached hydrogen (secondary N) is 1. The molecule has 132 valence electrons. The highest BCUT2D eigenvalue weighted by atomic mass is 16.2. The Morgan fingerprint density at radius 1 is 1.04 bits per heavy atom. The van der Waals surface area contributed by atoms with Gasteiger partial charge >= 0.3 is 0 Å². The number of carbonyl (C=O) groups excluding carboxylic acids is 2. The zero-order valence-electron chi connectivity index (χ0n) is 14.5. The van der Waals surface area contributed by atoms with Crippen molar-refractivity contribution in [1.82, 2.24) is 14.8 Å². The van der Waals surface area contributed by atoms with Crippen LogP contribution < -0.4 is 0 Å². The van der Waals surface area contributed by atoms with Gasteiger partial charge in [-0.05, 0) is 37.3 Å². The minimum absolute atomic E-state index is 0.221. The number of aryl methyl sites for hydroxylation is 1. The Balaban J connectivity index is 1.23. The average molecular weight is 339 g/mol. The maximum Gasteiger partial charge on any atom is 0.225 e. The summed E-state index contributed by atoms with van der Waals surface area (Å²) in [5.41, 5.74) is 2.43. The van der Waals surface area contributed by atoms with E-state index in [1.54, 1.807) is 0 Å². The number of para-hydroxylation sites is 1. The lowest BCUT2D eigenvalue weighted by atomic mass is 10.1. The number of rotatable bonds is 5. The SMILES string of the molecule is O=C(CCCc1c[nH]c2ccccc12)N1CCN(C(=O)C2CC2)CC1. The molecule has 0 unspecified atom stereocenters. The molecule has 0 spiro atoms. The molecular weight excluding hydrogens is 314 g/mol. The molecule has 0 radical (unpaired) electrons. The highest BCUT2D eigenvalue weighted by molar-refractivity contribution is 5.83. The fraction of sp³-hybridized carbons (Fsp3) is 0.500. The van der Waals surface area contributed by atoms with Gasteiger partial charge in [0, 0.05) is 55.6 Å². The van der Waals surface area contributed by atoms with E-state index in [0.717, 1.165) is 31.2 Å². The second kappa shape index (κ2) is 6.90. The molecule has 1 aliphatic heterocycles. The van der Waals surface area contributed by atoms with Crippen LogP contribution in [0.15, 0.2) is 30.5 Å². The molecule has 5 nitrogen and oxygen atoms in total. The standard InChI is InChI=1S/C20H25N3O2/c24-19(22-10-12-23(13-11-22)20(25)15-8-9-15)7-3-4-16-14-21-18-6-2-1-5-17(16)18/h1-2,5-6,14-15,21H,3-4,7-13H2. The Hall–Kier alpha value is -2.30. The van der Waals surface area contributed by atoms with Gasteiger partial charge in [0.2, 0.25) is 11.8 Å². The summed E-state index contributed by atoms with van der Waals surface area (Å²) in [6, 6.07) is 8.28. The number of piperazine rings is 1. The summed E-state index contributed by atoms with van der Waals surface area (Å²) in [5, 5.41) is 1.25. The van der Waals surface area contributed by atoms with E-state index in [0.29, 0.717) is 38.5 Å². The van der Waals surface area contributed by atoms with Gasteiger partial charge in [0.1, 0.15) is 0 Å². The molecule has 2 aliphatic rings. The van der Waals surface area contributed by atoms with Crippen LogP contribution >= 0.6 is 0 Å². The summed E-state index contributed by atoms with van der Waals surface area (Å²) in [4.78, 5) is 31.6. The lowest BCUT2D eigenvalue weighted by molar-refractivity contribution is -0.140. The number of carbonyl (C=O) groups is 2. The predicted octanol–water partition coefficient (Wildman–Crippen LogP) is 2.57. The largest absolute Gasteiger partial charge is 0.361 e. The topological polar surface area (TPSA) is 56.4 Å². The third kappa shape index (κ3) is 3.55. The quantitative estimate of drug-likeness (QED) is 0.910. The number of fused-ring (bicyclic) bond motifs is 1. The van der Waals surface area contributed by atoms with Crippen molar-refractivity contribution in [3.63, 3.8) is 0 Å². The Morgan fingerprint density at radius 2 is 1.76 bits per heavy atom. The van der Waals surface area contributed by atoms with Crippen molar-refractivity contribution in [2.45, 2.75) is 32.1 Å². The lowest BCUT2D eigenvalue weighted by Gasteiger charge is -2.35. The van der Waals surface area contributed by atoms with Gasteiger partial charge in [-0.15, -0.1) is 0 Å². The van der Waals surface area contributed by atoms with E-state index in [1.807, 2.05) is 21.9 Å². The second-order valence-electron chi connectivity index (χ2n) is 7.19. The molecule has 5 heteroatoms. The van der Waals surface area contributed by atoms with Crippen molar-refractivity contribution >= 4 is 22.7 Å². The Morgan fingerprint density at radius 3 is 2.52 bits per heavy atom. The van der Waals surface area contributed by atoms with E-state index in [2.05, 4.69) is 23.3 Å². The van der Waals surface area contributed by atoms with Crippen molar-refractivity contribution in [3.8, 4) is 0 Å². The fourth-order valence-corrected chi connectivity index (χ4v) is 3.69. The monoisotopic (exact) mass is 339 g/mol. The van der Waals surface area contributed by atoms with Crippen molar-refractivity contribution in [2.75, 3.05) is 26.2 Å². The Labute approximate surface area is 148 Å². The molecule has 1 saturated carbocycles. The number of hydrogen-bond acceptors (Lipinski definition) is 2. The first-order chi connectivity index (χ1) is 12.2. The molecule has 1 aromatic heterocycles. The molecule has 1 aliphatic carbocycles. The number of benzene rings is 1. The molecule has 2 heterocycles. The molecule has 25 heavy (non-hydrogen) atoms. The summed E-state index contributed by atoms with van der Waals surface area (Å²) in [6.07, 6.45) is 6.50. The van der Waals surface area contributed by atoms with Gasteiger partial charge in [-0.25, -0.2) is 0 Å². The summed E-state index contributed by atoms with van der Waals surface area (Å²) in [7, 11) is 0. The first-order valence-corrected chi connectivity index (χ1v) is 9.34. The third-order valence-corrected chi connectivity index (χ3v) is 5.38. The third-order valence-electron chi connectivity index (χ3n) is 5.38. The van der Waals surface area contributed by atoms with E-state index in [9.17, 15) is 9.59 Å². The van der Waals surface area contributed by atoms with E-state index in [1.165, 1.54) is 10.9 Å². The summed E-state index contributed by atoms with van der Waals surface area (Å²) in [6.45, 7) is 2.77. The zero-order chi connectivity index (χ0) is 17.2. The van der Waals surface area contributed by atoms with Crippen molar-refractivity contribution in [1.29, 1.82) is 0 Å². The van der Waals surface area contributed by atoms with Gasteiger partial charge in [-0.1, -0.05) is 18.2 Å². The molecule has 0 bridgehead atoms. The molecular formula is C20H25N3O2. The highest BCUT2D eigenvalue weighted by Crippen LogP contribution is 2.31. The van der Waals surface area contributed by atoms with Gasteiger partial charge in [-0.3, -0.25) is 9.59 Å². The van der Waals surface area contributed by atoms with E-state index < -0.39 is 0 Å². The van der Waals surface area contributed by atoms with E-state index >= 15 is 0 Å². The Bertz CT molecular complexity index is 770. The fourth-order valence-electron chi connectivity index (χ4n) is 3.69. The van der Waals surface area contributed by atoms with E-state index in [-0.39, 0.29) is 11.8 Å². The molecule has 1 N–H and O–H groups in total. The van der Waals surface area contributed by atoms with Crippen LogP contribution in [0.4, 0.5) is 0 Å². The minimum Gasteiger partial charge on any atom is -0.361 e. The van der Waals surface area contributed by atoms with Crippen LogP contribution in [-0.4, -0.2) is 52.8 Å². The molecule has 1 aromatic carbocycles. The molecule has 2 aromatic rings. The molecule has 2 fully saturated rings. The predicted molar refractivity (Wildman–Crippen MR) is 97.1 cm³/mol. The van der Waals surface area contributed by atoms with Gasteiger partial charge < -0.3 is 14.8 Å². The van der Waals surface area contributed by atoms with Crippen molar-refractivity contribution < 1.29 is 9.59 Å². The van der Waals surface area contributed by atoms with Crippen LogP contribution in [0.3, 0.4) is 0 Å². The number of aromatic amines is 1. The van der Waals surface area contributed by atoms with Gasteiger partial charge in [0.05, 0.1) is 0 Å². The average Bonchev–Trinajstić information content (AvgIpc) is 3.43. The van der Waals surface area contributed by atoms with Crippen LogP contribution in [-0.2, 0) is 16.0 Å². The summed E-state index contributed by atoms with van der Waals surface area (Å²) < 4.78 is 0. The zero-order valence-corrected chi connectivity index (χ0v) is 14.5. The maximum absolute atomic E-state index is 12.4. The number of H-pyrrole nitrogens is 1. The maximum atomic E-state index is 12.4. The van der Waals surface area contributed by atoms with Crippen molar-refractivity contribution in [2.24, 2.45) is 5.92 Å². The van der Waals surface area contributed by atoms with Crippen LogP contribution in [0, 0.1) is 5.92 Å². The second-order valence-corrected chi connectivity index (χ2v) is 7.19. The van der Waals surface area contributed by atoms with E-state index in [4.69, 9.17) is 0 Å². The summed E-state index contributed by atoms with van der Waals surface area (Å²) >= 11 is 0. The Kier molecular flexibility index (Phi) is 4.47. The van der Waals surface area contributed by atoms with Crippen molar-refractivity contribution in [3.05, 3.63) is 36.0 Å². The van der Waals surface area contributed by atoms with Crippen LogP contribution in [0.25, 0.3) is 10.9 Å². The minimum atomic E-state index is 0.221. The number of amides is 2.